The van der Waals surface area contributed by atoms with Crippen LogP contribution in [0.2, 0.25) is 0 Å². The summed E-state index contributed by atoms with van der Waals surface area (Å²) in [6, 6.07) is 16.3. The molecule has 2 aliphatic rings. The number of nitriles is 1. The minimum absolute atomic E-state index is 0.0722. The maximum absolute atomic E-state index is 13.2. The van der Waals surface area contributed by atoms with E-state index in [0.717, 1.165) is 16.0 Å². The smallest absolute Gasteiger partial charge is 0.245 e. The molecule has 7 heteroatoms. The number of rotatable bonds is 0. The van der Waals surface area contributed by atoms with Crippen molar-refractivity contribution < 1.29 is 9.53 Å². The Morgan fingerprint density at radius 1 is 1.11 bits per heavy atom. The number of para-hydroxylation sites is 1. The fourth-order valence-corrected chi connectivity index (χ4v) is 4.88. The molecule has 0 bridgehead atoms. The van der Waals surface area contributed by atoms with Gasteiger partial charge in [0.15, 0.2) is 0 Å². The van der Waals surface area contributed by atoms with Crippen molar-refractivity contribution in [1.29, 1.82) is 5.26 Å². The maximum Gasteiger partial charge on any atom is 0.245 e. The molecule has 3 aromatic rings. The number of hydrogen-bond donors (Lipinski definition) is 2. The summed E-state index contributed by atoms with van der Waals surface area (Å²) in [4.78, 5) is 26.4. The van der Waals surface area contributed by atoms with Gasteiger partial charge in [0.25, 0.3) is 0 Å². The Kier molecular flexibility index (Phi) is 3.00. The van der Waals surface area contributed by atoms with Crippen molar-refractivity contribution in [3.8, 4) is 11.8 Å². The van der Waals surface area contributed by atoms with Crippen LogP contribution in [0.5, 0.6) is 5.75 Å². The predicted octanol–water partition coefficient (Wildman–Crippen LogP) is 2.59. The second kappa shape index (κ2) is 5.19. The molecule has 27 heavy (non-hydrogen) atoms. The maximum atomic E-state index is 13.2. The fraction of sp³-hybridized carbons (Fsp3) is 0.0500. The first-order chi connectivity index (χ1) is 13.1. The van der Waals surface area contributed by atoms with E-state index in [1.807, 2.05) is 18.2 Å². The van der Waals surface area contributed by atoms with Crippen LogP contribution in [0.4, 0.5) is 5.69 Å². The number of ether oxygens (including phenoxy) is 1. The van der Waals surface area contributed by atoms with Gasteiger partial charge in [-0.25, -0.2) is 0 Å². The summed E-state index contributed by atoms with van der Waals surface area (Å²) in [5.74, 6) is -0.414. The fourth-order valence-electron chi connectivity index (χ4n) is 3.91. The van der Waals surface area contributed by atoms with Crippen molar-refractivity contribution in [2.45, 2.75) is 5.41 Å². The summed E-state index contributed by atoms with van der Waals surface area (Å²) in [5, 5.41) is 13.3. The van der Waals surface area contributed by atoms with Gasteiger partial charge in [-0.05, 0) is 18.2 Å². The lowest BCUT2D eigenvalue weighted by molar-refractivity contribution is -0.118. The lowest BCUT2D eigenvalue weighted by Gasteiger charge is -2.33. The topological polar surface area (TPSA) is 105 Å². The number of anilines is 1. The first-order valence-corrected chi connectivity index (χ1v) is 8.96. The van der Waals surface area contributed by atoms with Gasteiger partial charge < -0.3 is 15.8 Å². The van der Waals surface area contributed by atoms with Crippen LogP contribution in [0.3, 0.4) is 0 Å². The van der Waals surface area contributed by atoms with Crippen molar-refractivity contribution in [1.82, 2.24) is 0 Å². The monoisotopic (exact) mass is 373 g/mol. The van der Waals surface area contributed by atoms with Gasteiger partial charge in [-0.3, -0.25) is 9.59 Å². The van der Waals surface area contributed by atoms with E-state index in [1.165, 1.54) is 0 Å². The van der Waals surface area contributed by atoms with Gasteiger partial charge >= 0.3 is 0 Å². The van der Waals surface area contributed by atoms with Gasteiger partial charge in [0.05, 0.1) is 5.56 Å². The molecule has 0 radical (unpaired) electrons. The normalized spacial score (nSPS) is 20.0. The number of fused-ring (bicyclic) bond motifs is 6. The van der Waals surface area contributed by atoms with E-state index in [-0.39, 0.29) is 27.5 Å². The number of carbonyl (C=O) groups excluding carboxylic acids is 1. The summed E-state index contributed by atoms with van der Waals surface area (Å²) in [6.07, 6.45) is 0. The molecule has 1 spiro atoms. The van der Waals surface area contributed by atoms with Gasteiger partial charge in [0.1, 0.15) is 22.8 Å². The summed E-state index contributed by atoms with van der Waals surface area (Å²) >= 11 is 1.02. The van der Waals surface area contributed by atoms with Crippen molar-refractivity contribution in [2.75, 3.05) is 5.32 Å². The van der Waals surface area contributed by atoms with Crippen LogP contribution in [0, 0.1) is 11.3 Å². The molecular formula is C20H11N3O3S. The summed E-state index contributed by atoms with van der Waals surface area (Å²) < 4.78 is 6.12. The average Bonchev–Trinajstić information content (AvgIpc) is 2.94. The Bertz CT molecular complexity index is 1300. The molecule has 2 aromatic carbocycles. The predicted molar refractivity (Wildman–Crippen MR) is 101 cm³/mol. The highest BCUT2D eigenvalue weighted by Gasteiger charge is 2.58. The second-order valence-electron chi connectivity index (χ2n) is 6.29. The zero-order valence-corrected chi connectivity index (χ0v) is 14.6. The van der Waals surface area contributed by atoms with Crippen LogP contribution in [0.1, 0.15) is 11.1 Å². The van der Waals surface area contributed by atoms with Gasteiger partial charge in [0.2, 0.25) is 16.5 Å². The van der Waals surface area contributed by atoms with Crippen molar-refractivity contribution >= 4 is 33.0 Å². The molecule has 3 N–H and O–H groups in total. The van der Waals surface area contributed by atoms with E-state index >= 15 is 0 Å². The number of hydrogen-bond acceptors (Lipinski definition) is 6. The third-order valence-electron chi connectivity index (χ3n) is 5.01. The molecule has 0 saturated heterocycles. The van der Waals surface area contributed by atoms with Crippen LogP contribution in [-0.2, 0) is 10.2 Å². The third-order valence-corrected chi connectivity index (χ3v) is 5.97. The largest absolute Gasteiger partial charge is 0.439 e. The molecule has 6 nitrogen and oxygen atoms in total. The molecular weight excluding hydrogens is 362 g/mol. The number of nitrogens with two attached hydrogens (primary N) is 1. The van der Waals surface area contributed by atoms with Gasteiger partial charge in [0, 0.05) is 21.3 Å². The number of nitrogens with one attached hydrogen (secondary N) is 1. The van der Waals surface area contributed by atoms with Crippen LogP contribution < -0.4 is 20.5 Å². The highest BCUT2D eigenvalue weighted by molar-refractivity contribution is 7.16. The lowest BCUT2D eigenvalue weighted by Crippen LogP contribution is -2.45. The minimum atomic E-state index is -1.61. The van der Waals surface area contributed by atoms with Crippen LogP contribution in [-0.4, -0.2) is 5.91 Å². The minimum Gasteiger partial charge on any atom is -0.439 e. The Morgan fingerprint density at radius 3 is 2.67 bits per heavy atom. The van der Waals surface area contributed by atoms with E-state index in [9.17, 15) is 14.9 Å². The van der Waals surface area contributed by atoms with Crippen LogP contribution in [0.25, 0.3) is 10.1 Å². The summed E-state index contributed by atoms with van der Waals surface area (Å²) in [5.41, 5.74) is 5.61. The average molecular weight is 373 g/mol. The quantitative estimate of drug-likeness (QED) is 0.630. The number of amides is 1. The zero-order chi connectivity index (χ0) is 18.8. The Balaban J connectivity index is 2.03. The van der Waals surface area contributed by atoms with E-state index in [0.29, 0.717) is 16.6 Å². The number of nitrogens with zero attached hydrogens (tertiary/aromatic N) is 1. The van der Waals surface area contributed by atoms with Gasteiger partial charge in [-0.1, -0.05) is 41.7 Å². The molecule has 3 heterocycles. The molecule has 1 aromatic heterocycles. The first kappa shape index (κ1) is 15.6. The lowest BCUT2D eigenvalue weighted by atomic mass is 9.69. The summed E-state index contributed by atoms with van der Waals surface area (Å²) in [7, 11) is 0. The molecule has 0 unspecified atom stereocenters. The second-order valence-corrected chi connectivity index (χ2v) is 7.31. The van der Waals surface area contributed by atoms with E-state index in [1.54, 1.807) is 36.4 Å². The molecule has 130 valence electrons. The SMILES string of the molecule is N#CC1=C(N)Oc2c(c(=O)sc3ccccc23)[C@@]12C(=O)Nc1ccccc12. The van der Waals surface area contributed by atoms with Crippen molar-refractivity contribution in [3.05, 3.63) is 80.7 Å². The van der Waals surface area contributed by atoms with Crippen LogP contribution in [0.15, 0.2) is 64.8 Å². The van der Waals surface area contributed by atoms with Gasteiger partial charge in [-0.15, -0.1) is 0 Å². The Hall–Kier alpha value is -3.63. The van der Waals surface area contributed by atoms with E-state index in [2.05, 4.69) is 5.32 Å². The molecule has 1 atom stereocenters. The van der Waals surface area contributed by atoms with Crippen molar-refractivity contribution in [3.63, 3.8) is 0 Å². The number of carbonyl (C=O) groups is 1. The molecule has 5 rings (SSSR count). The Morgan fingerprint density at radius 2 is 1.85 bits per heavy atom. The molecule has 1 amide bonds. The highest BCUT2D eigenvalue weighted by Crippen LogP contribution is 2.53. The highest BCUT2D eigenvalue weighted by atomic mass is 32.1. The molecule has 0 fully saturated rings. The standard InChI is InChI=1S/C20H11N3O3S/c21-9-12-17(22)26-16-10-5-1-4-8-14(10)27-18(24)15(16)20(12)11-6-2-3-7-13(11)23-19(20)25/h1-8H,22H2,(H,23,25)/t20-/m0/s1. The number of benzene rings is 2. The first-order valence-electron chi connectivity index (χ1n) is 8.14. The van der Waals surface area contributed by atoms with E-state index < -0.39 is 11.3 Å². The molecule has 2 aliphatic heterocycles. The summed E-state index contributed by atoms with van der Waals surface area (Å²) in [6.45, 7) is 0. The van der Waals surface area contributed by atoms with Gasteiger partial charge in [-0.2, -0.15) is 5.26 Å². The third kappa shape index (κ3) is 1.77. The Labute approximate surface area is 157 Å². The molecule has 0 saturated carbocycles. The molecule has 0 aliphatic carbocycles. The van der Waals surface area contributed by atoms with E-state index in [4.69, 9.17) is 10.5 Å². The van der Waals surface area contributed by atoms with Crippen molar-refractivity contribution in [2.24, 2.45) is 5.73 Å². The zero-order valence-electron chi connectivity index (χ0n) is 13.8. The van der Waals surface area contributed by atoms with Crippen LogP contribution >= 0.6 is 11.3 Å².